The molecule has 0 spiro atoms. The molecule has 0 aromatic carbocycles. The highest BCUT2D eigenvalue weighted by Crippen LogP contribution is 2.27. The highest BCUT2D eigenvalue weighted by molar-refractivity contribution is 5.73. The largest absolute Gasteiger partial charge is 0.378 e. The van der Waals surface area contributed by atoms with Crippen LogP contribution in [0.25, 0.3) is 11.3 Å². The minimum Gasteiger partial charge on any atom is -0.378 e. The second kappa shape index (κ2) is 8.73. The summed E-state index contributed by atoms with van der Waals surface area (Å²) in [4.78, 5) is 28.0. The van der Waals surface area contributed by atoms with Gasteiger partial charge in [-0.15, -0.1) is 0 Å². The van der Waals surface area contributed by atoms with Gasteiger partial charge >= 0.3 is 0 Å². The van der Waals surface area contributed by atoms with Gasteiger partial charge in [0.15, 0.2) is 0 Å². The molecule has 2 aromatic heterocycles. The van der Waals surface area contributed by atoms with E-state index in [-0.39, 0.29) is 17.0 Å². The molecule has 0 radical (unpaired) electrons. The molecule has 30 heavy (non-hydrogen) atoms. The van der Waals surface area contributed by atoms with Gasteiger partial charge in [0.2, 0.25) is 5.95 Å². The molecule has 2 aromatic rings. The van der Waals surface area contributed by atoms with Gasteiger partial charge in [-0.1, -0.05) is 26.8 Å². The van der Waals surface area contributed by atoms with Crippen LogP contribution in [-0.4, -0.2) is 60.4 Å². The number of H-pyrrole nitrogens is 1. The Morgan fingerprint density at radius 1 is 1.20 bits per heavy atom. The molecule has 0 unspecified atom stereocenters. The third-order valence-corrected chi connectivity index (χ3v) is 5.63. The number of ether oxygens (including phenoxy) is 1. The lowest BCUT2D eigenvalue weighted by atomic mass is 9.91. The molecule has 4 heterocycles. The summed E-state index contributed by atoms with van der Waals surface area (Å²) >= 11 is 0. The number of nitrogens with one attached hydrogen (secondary N) is 3. The van der Waals surface area contributed by atoms with E-state index in [0.29, 0.717) is 49.3 Å². The molecule has 0 amide bonds. The monoisotopic (exact) mass is 412 g/mol. The molecule has 2 fully saturated rings. The van der Waals surface area contributed by atoms with Crippen molar-refractivity contribution in [2.75, 3.05) is 49.6 Å². The van der Waals surface area contributed by atoms with Gasteiger partial charge in [0.25, 0.3) is 5.56 Å². The van der Waals surface area contributed by atoms with Crippen LogP contribution in [-0.2, 0) is 10.2 Å². The summed E-state index contributed by atoms with van der Waals surface area (Å²) in [5, 5.41) is 6.95. The van der Waals surface area contributed by atoms with Gasteiger partial charge in [-0.05, 0) is 31.5 Å². The third-order valence-electron chi connectivity index (χ3n) is 5.63. The molecule has 162 valence electrons. The lowest BCUT2D eigenvalue weighted by Crippen LogP contribution is -2.40. The van der Waals surface area contributed by atoms with E-state index in [1.54, 1.807) is 0 Å². The van der Waals surface area contributed by atoms with E-state index < -0.39 is 0 Å². The predicted octanol–water partition coefficient (Wildman–Crippen LogP) is 2.13. The van der Waals surface area contributed by atoms with Crippen molar-refractivity contribution < 1.29 is 4.74 Å². The van der Waals surface area contributed by atoms with Gasteiger partial charge in [-0.25, -0.2) is 0 Å². The second-order valence-corrected chi connectivity index (χ2v) is 9.06. The van der Waals surface area contributed by atoms with Crippen molar-refractivity contribution in [2.24, 2.45) is 0 Å². The van der Waals surface area contributed by atoms with E-state index >= 15 is 0 Å². The van der Waals surface area contributed by atoms with E-state index in [1.807, 2.05) is 18.2 Å². The Bertz CT molecular complexity index is 924. The minimum absolute atomic E-state index is 0.106. The number of hydrogen-bond donors (Lipinski definition) is 3. The zero-order chi connectivity index (χ0) is 21.1. The van der Waals surface area contributed by atoms with Crippen LogP contribution in [0, 0.1) is 0 Å². The molecule has 4 rings (SSSR count). The molecule has 8 nitrogen and oxygen atoms in total. The lowest BCUT2D eigenvalue weighted by Gasteiger charge is -2.29. The maximum atomic E-state index is 13.3. The van der Waals surface area contributed by atoms with Crippen LogP contribution in [0.4, 0.5) is 11.8 Å². The van der Waals surface area contributed by atoms with Crippen LogP contribution < -0.4 is 21.1 Å². The highest BCUT2D eigenvalue weighted by atomic mass is 16.5. The smallest absolute Gasteiger partial charge is 0.263 e. The standard InChI is InChI=1S/C22H32N6O2/c1-22(2,3)17-8-4-7-16(25-17)18-19(24-15-6-5-9-23-14-15)26-21(27-20(18)29)28-10-12-30-13-11-28/h4,7-8,15,23H,5-6,9-14H2,1-3H3,(H2,24,26,27,29)/t15-/m1/s1. The van der Waals surface area contributed by atoms with E-state index in [1.165, 1.54) is 0 Å². The average molecular weight is 413 g/mol. The number of aromatic nitrogens is 3. The Hall–Kier alpha value is -2.45. The molecule has 2 aliphatic heterocycles. The van der Waals surface area contributed by atoms with E-state index in [0.717, 1.165) is 31.6 Å². The number of rotatable bonds is 4. The minimum atomic E-state index is -0.170. The number of nitrogens with zero attached hydrogens (tertiary/aromatic N) is 3. The van der Waals surface area contributed by atoms with Crippen LogP contribution in [0.3, 0.4) is 0 Å². The van der Waals surface area contributed by atoms with Gasteiger partial charge in [-0.3, -0.25) is 14.8 Å². The number of piperidine rings is 1. The zero-order valence-corrected chi connectivity index (χ0v) is 18.1. The van der Waals surface area contributed by atoms with Crippen LogP contribution >= 0.6 is 0 Å². The fourth-order valence-electron chi connectivity index (χ4n) is 3.89. The van der Waals surface area contributed by atoms with Gasteiger partial charge < -0.3 is 20.3 Å². The fraction of sp³-hybridized carbons (Fsp3) is 0.591. The second-order valence-electron chi connectivity index (χ2n) is 9.06. The van der Waals surface area contributed by atoms with Crippen molar-refractivity contribution in [3.8, 4) is 11.3 Å². The highest BCUT2D eigenvalue weighted by Gasteiger charge is 2.23. The van der Waals surface area contributed by atoms with Crippen LogP contribution in [0.2, 0.25) is 0 Å². The van der Waals surface area contributed by atoms with Gasteiger partial charge in [0.1, 0.15) is 11.4 Å². The van der Waals surface area contributed by atoms with Gasteiger partial charge in [-0.2, -0.15) is 4.98 Å². The summed E-state index contributed by atoms with van der Waals surface area (Å²) in [6, 6.07) is 6.09. The molecule has 3 N–H and O–H groups in total. The number of anilines is 2. The number of aromatic amines is 1. The molecule has 1 atom stereocenters. The van der Waals surface area contributed by atoms with E-state index in [4.69, 9.17) is 14.7 Å². The van der Waals surface area contributed by atoms with Gasteiger partial charge in [0, 0.05) is 36.8 Å². The van der Waals surface area contributed by atoms with Crippen molar-refractivity contribution in [2.45, 2.75) is 45.1 Å². The molecule has 0 aliphatic carbocycles. The first-order chi connectivity index (χ1) is 14.4. The zero-order valence-electron chi connectivity index (χ0n) is 18.1. The SMILES string of the molecule is CC(C)(C)c1cccc(-c2c(N[C@@H]3CCCNC3)nc(N3CCOCC3)[nH]c2=O)n1. The lowest BCUT2D eigenvalue weighted by molar-refractivity contribution is 0.122. The number of hydrogen-bond acceptors (Lipinski definition) is 7. The predicted molar refractivity (Wildman–Crippen MR) is 119 cm³/mol. The first-order valence-corrected chi connectivity index (χ1v) is 10.8. The van der Waals surface area contributed by atoms with Crippen molar-refractivity contribution in [1.82, 2.24) is 20.3 Å². The molecular formula is C22H32N6O2. The molecule has 8 heteroatoms. The van der Waals surface area contributed by atoms with E-state index in [2.05, 4.69) is 41.3 Å². The van der Waals surface area contributed by atoms with Crippen molar-refractivity contribution in [3.63, 3.8) is 0 Å². The summed E-state index contributed by atoms with van der Waals surface area (Å²) in [6.07, 6.45) is 2.15. The van der Waals surface area contributed by atoms with Crippen molar-refractivity contribution in [1.29, 1.82) is 0 Å². The Morgan fingerprint density at radius 2 is 2.00 bits per heavy atom. The molecule has 0 saturated carbocycles. The Balaban J connectivity index is 1.77. The Morgan fingerprint density at radius 3 is 2.70 bits per heavy atom. The quantitative estimate of drug-likeness (QED) is 0.708. The van der Waals surface area contributed by atoms with Crippen molar-refractivity contribution >= 4 is 11.8 Å². The van der Waals surface area contributed by atoms with Crippen molar-refractivity contribution in [3.05, 3.63) is 34.2 Å². The van der Waals surface area contributed by atoms with E-state index in [9.17, 15) is 4.79 Å². The first-order valence-electron chi connectivity index (χ1n) is 10.8. The molecule has 0 bridgehead atoms. The number of morpholine rings is 1. The maximum Gasteiger partial charge on any atom is 0.263 e. The van der Waals surface area contributed by atoms with Crippen LogP contribution in [0.15, 0.2) is 23.0 Å². The summed E-state index contributed by atoms with van der Waals surface area (Å²) in [6.45, 7) is 10.9. The maximum absolute atomic E-state index is 13.3. The average Bonchev–Trinajstić information content (AvgIpc) is 2.74. The molecule has 2 aliphatic rings. The Labute approximate surface area is 177 Å². The normalized spacial score (nSPS) is 20.2. The fourth-order valence-corrected chi connectivity index (χ4v) is 3.89. The summed E-state index contributed by atoms with van der Waals surface area (Å²) < 4.78 is 5.45. The summed E-state index contributed by atoms with van der Waals surface area (Å²) in [7, 11) is 0. The van der Waals surface area contributed by atoms with Crippen LogP contribution in [0.1, 0.15) is 39.3 Å². The third kappa shape index (κ3) is 4.65. The van der Waals surface area contributed by atoms with Gasteiger partial charge in [0.05, 0.1) is 18.9 Å². The first kappa shape index (κ1) is 20.8. The topological polar surface area (TPSA) is 95.2 Å². The Kier molecular flexibility index (Phi) is 6.06. The molecule has 2 saturated heterocycles. The molecular weight excluding hydrogens is 380 g/mol. The summed E-state index contributed by atoms with van der Waals surface area (Å²) in [5.41, 5.74) is 1.82. The summed E-state index contributed by atoms with van der Waals surface area (Å²) in [5.74, 6) is 1.19. The number of pyridine rings is 1. The van der Waals surface area contributed by atoms with Crippen LogP contribution in [0.5, 0.6) is 0 Å².